The van der Waals surface area contributed by atoms with E-state index in [2.05, 4.69) is 77.2 Å². The summed E-state index contributed by atoms with van der Waals surface area (Å²) in [4.78, 5) is 25.6. The smallest absolute Gasteiger partial charge is 0.254 e. The first kappa shape index (κ1) is 22.2. The van der Waals surface area contributed by atoms with E-state index in [1.165, 1.54) is 16.7 Å². The van der Waals surface area contributed by atoms with Crippen LogP contribution >= 0.6 is 0 Å². The molecule has 174 valence electrons. The van der Waals surface area contributed by atoms with E-state index in [-0.39, 0.29) is 5.91 Å². The number of carbonyl (C=O) groups is 1. The van der Waals surface area contributed by atoms with E-state index in [1.807, 2.05) is 24.0 Å². The number of rotatable bonds is 5. The third-order valence-corrected chi connectivity index (χ3v) is 6.91. The van der Waals surface area contributed by atoms with Crippen molar-refractivity contribution in [1.29, 1.82) is 0 Å². The maximum absolute atomic E-state index is 13.4. The molecule has 5 heteroatoms. The average molecular weight is 453 g/mol. The van der Waals surface area contributed by atoms with E-state index in [0.29, 0.717) is 6.54 Å². The number of nitrogens with one attached hydrogen (secondary N) is 1. The molecule has 3 aromatic carbocycles. The molecular formula is C29H32N4O. The van der Waals surface area contributed by atoms with Crippen LogP contribution in [0.3, 0.4) is 0 Å². The van der Waals surface area contributed by atoms with Crippen LogP contribution in [-0.4, -0.2) is 40.4 Å². The summed E-state index contributed by atoms with van der Waals surface area (Å²) in [5.41, 5.74) is 8.85. The number of benzene rings is 3. The van der Waals surface area contributed by atoms with Crippen molar-refractivity contribution >= 4 is 22.6 Å². The number of hydrogen-bond donors (Lipinski definition) is 1. The molecule has 5 nitrogen and oxygen atoms in total. The number of carbonyl (C=O) groups excluding carboxylic acids is 1. The Morgan fingerprint density at radius 1 is 0.971 bits per heavy atom. The lowest BCUT2D eigenvalue weighted by Gasteiger charge is -2.23. The third kappa shape index (κ3) is 4.30. The first-order chi connectivity index (χ1) is 16.6. The fourth-order valence-corrected chi connectivity index (χ4v) is 5.01. The molecule has 1 aromatic heterocycles. The van der Waals surface area contributed by atoms with Gasteiger partial charge in [0, 0.05) is 37.4 Å². The minimum atomic E-state index is 0.109. The molecule has 0 aliphatic carbocycles. The number of aromatic nitrogens is 2. The Bertz CT molecular complexity index is 1320. The number of anilines is 1. The van der Waals surface area contributed by atoms with Gasteiger partial charge in [0.25, 0.3) is 5.91 Å². The van der Waals surface area contributed by atoms with Gasteiger partial charge in [0.2, 0.25) is 0 Å². The summed E-state index contributed by atoms with van der Waals surface area (Å²) < 4.78 is 0. The molecule has 1 aliphatic heterocycles. The predicted octanol–water partition coefficient (Wildman–Crippen LogP) is 5.97. The SMILES string of the molecule is CCN(CC)c1ccc(C(=O)N2CCCc3ccc(-c4ccc5[nH]c(C)nc5c4)cc3C2)cc1. The summed E-state index contributed by atoms with van der Waals surface area (Å²) >= 11 is 0. The summed E-state index contributed by atoms with van der Waals surface area (Å²) in [5, 5.41) is 0. The van der Waals surface area contributed by atoms with Gasteiger partial charge in [-0.2, -0.15) is 0 Å². The summed E-state index contributed by atoms with van der Waals surface area (Å²) in [6, 6.07) is 21.1. The normalized spacial score (nSPS) is 13.6. The highest BCUT2D eigenvalue weighted by Gasteiger charge is 2.21. The van der Waals surface area contributed by atoms with E-state index in [1.54, 1.807) is 0 Å². The van der Waals surface area contributed by atoms with Gasteiger partial charge < -0.3 is 14.8 Å². The van der Waals surface area contributed by atoms with Crippen molar-refractivity contribution in [2.75, 3.05) is 24.5 Å². The van der Waals surface area contributed by atoms with Gasteiger partial charge in [-0.1, -0.05) is 18.2 Å². The third-order valence-electron chi connectivity index (χ3n) is 6.91. The number of aromatic amines is 1. The highest BCUT2D eigenvalue weighted by Crippen LogP contribution is 2.29. The van der Waals surface area contributed by atoms with Crippen LogP contribution in [0.5, 0.6) is 0 Å². The zero-order chi connectivity index (χ0) is 23.7. The minimum absolute atomic E-state index is 0.109. The number of nitrogens with zero attached hydrogens (tertiary/aromatic N) is 3. The molecule has 0 radical (unpaired) electrons. The van der Waals surface area contributed by atoms with Crippen molar-refractivity contribution in [3.05, 3.63) is 83.2 Å². The van der Waals surface area contributed by atoms with Gasteiger partial charge in [-0.15, -0.1) is 0 Å². The van der Waals surface area contributed by atoms with Gasteiger partial charge in [0.05, 0.1) is 11.0 Å². The molecule has 0 atom stereocenters. The molecule has 0 unspecified atom stereocenters. The number of hydrogen-bond acceptors (Lipinski definition) is 3. The van der Waals surface area contributed by atoms with Crippen LogP contribution in [0.2, 0.25) is 0 Å². The van der Waals surface area contributed by atoms with Gasteiger partial charge in [0.1, 0.15) is 5.82 Å². The monoisotopic (exact) mass is 452 g/mol. The van der Waals surface area contributed by atoms with Crippen LogP contribution in [-0.2, 0) is 13.0 Å². The number of H-pyrrole nitrogens is 1. The Balaban J connectivity index is 1.39. The van der Waals surface area contributed by atoms with E-state index >= 15 is 0 Å². The lowest BCUT2D eigenvalue weighted by Crippen LogP contribution is -2.30. The molecule has 5 rings (SSSR count). The van der Waals surface area contributed by atoms with Crippen LogP contribution in [0, 0.1) is 6.92 Å². The summed E-state index contributed by atoms with van der Waals surface area (Å²) in [7, 11) is 0. The Kier molecular flexibility index (Phi) is 6.10. The maximum atomic E-state index is 13.4. The van der Waals surface area contributed by atoms with Crippen molar-refractivity contribution < 1.29 is 4.79 Å². The van der Waals surface area contributed by atoms with Gasteiger partial charge in [-0.05, 0) is 98.3 Å². The van der Waals surface area contributed by atoms with E-state index in [4.69, 9.17) is 0 Å². The molecule has 34 heavy (non-hydrogen) atoms. The second kappa shape index (κ2) is 9.34. The Morgan fingerprint density at radius 2 is 1.71 bits per heavy atom. The summed E-state index contributed by atoms with van der Waals surface area (Å²) in [6.45, 7) is 9.62. The highest BCUT2D eigenvalue weighted by atomic mass is 16.2. The quantitative estimate of drug-likeness (QED) is 0.406. The average Bonchev–Trinajstić information content (AvgIpc) is 3.10. The predicted molar refractivity (Wildman–Crippen MR) is 139 cm³/mol. The van der Waals surface area contributed by atoms with Crippen LogP contribution in [0.1, 0.15) is 47.6 Å². The molecule has 0 saturated heterocycles. The highest BCUT2D eigenvalue weighted by molar-refractivity contribution is 5.94. The fraction of sp³-hybridized carbons (Fsp3) is 0.310. The van der Waals surface area contributed by atoms with Gasteiger partial charge in [-0.25, -0.2) is 4.98 Å². The van der Waals surface area contributed by atoms with Crippen molar-refractivity contribution in [1.82, 2.24) is 14.9 Å². The first-order valence-corrected chi connectivity index (χ1v) is 12.3. The first-order valence-electron chi connectivity index (χ1n) is 12.3. The lowest BCUT2D eigenvalue weighted by molar-refractivity contribution is 0.0746. The number of imidazole rings is 1. The van der Waals surface area contributed by atoms with Gasteiger partial charge in [-0.3, -0.25) is 4.79 Å². The van der Waals surface area contributed by atoms with Crippen LogP contribution in [0.25, 0.3) is 22.2 Å². The second-order valence-electron chi connectivity index (χ2n) is 9.09. The van der Waals surface area contributed by atoms with Crippen molar-refractivity contribution in [3.8, 4) is 11.1 Å². The molecular weight excluding hydrogens is 420 g/mol. The van der Waals surface area contributed by atoms with Crippen LogP contribution < -0.4 is 4.90 Å². The molecule has 1 N–H and O–H groups in total. The largest absolute Gasteiger partial charge is 0.372 e. The van der Waals surface area contributed by atoms with E-state index < -0.39 is 0 Å². The zero-order valence-corrected chi connectivity index (χ0v) is 20.3. The van der Waals surface area contributed by atoms with Gasteiger partial charge >= 0.3 is 0 Å². The fourth-order valence-electron chi connectivity index (χ4n) is 5.01. The molecule has 4 aromatic rings. The second-order valence-corrected chi connectivity index (χ2v) is 9.09. The Labute approximate surface area is 201 Å². The van der Waals surface area contributed by atoms with Crippen LogP contribution in [0.15, 0.2) is 60.7 Å². The number of amides is 1. The molecule has 0 spiro atoms. The Morgan fingerprint density at radius 3 is 2.47 bits per heavy atom. The molecule has 2 heterocycles. The minimum Gasteiger partial charge on any atom is -0.372 e. The summed E-state index contributed by atoms with van der Waals surface area (Å²) in [5.74, 6) is 1.03. The Hall–Kier alpha value is -3.60. The molecule has 1 amide bonds. The van der Waals surface area contributed by atoms with Crippen LogP contribution in [0.4, 0.5) is 5.69 Å². The van der Waals surface area contributed by atoms with E-state index in [9.17, 15) is 4.79 Å². The zero-order valence-electron chi connectivity index (χ0n) is 20.3. The van der Waals surface area contributed by atoms with Crippen molar-refractivity contribution in [2.45, 2.75) is 40.2 Å². The molecule has 0 bridgehead atoms. The van der Waals surface area contributed by atoms with Gasteiger partial charge in [0.15, 0.2) is 0 Å². The topological polar surface area (TPSA) is 52.2 Å². The molecule has 1 aliphatic rings. The molecule has 0 fully saturated rings. The number of fused-ring (bicyclic) bond motifs is 2. The lowest BCUT2D eigenvalue weighted by atomic mass is 9.97. The maximum Gasteiger partial charge on any atom is 0.254 e. The van der Waals surface area contributed by atoms with Crippen molar-refractivity contribution in [2.24, 2.45) is 0 Å². The van der Waals surface area contributed by atoms with Crippen molar-refractivity contribution in [3.63, 3.8) is 0 Å². The summed E-state index contributed by atoms with van der Waals surface area (Å²) in [6.07, 6.45) is 1.98. The number of aryl methyl sites for hydroxylation is 2. The standard InChI is InChI=1S/C29H32N4O/c1-4-32(5-2)26-13-10-22(11-14-26)29(34)33-16-6-7-21-8-9-23(17-25(21)19-33)24-12-15-27-28(18-24)31-20(3)30-27/h8-15,17-18H,4-7,16,19H2,1-3H3,(H,30,31). The van der Waals surface area contributed by atoms with E-state index in [0.717, 1.165) is 66.1 Å². The molecule has 0 saturated carbocycles.